The van der Waals surface area contributed by atoms with Crippen molar-refractivity contribution in [1.29, 1.82) is 0 Å². The minimum absolute atomic E-state index is 0.163. The first kappa shape index (κ1) is 12.4. The molecule has 2 N–H and O–H groups in total. The van der Waals surface area contributed by atoms with Crippen molar-refractivity contribution in [3.63, 3.8) is 0 Å². The van der Waals surface area contributed by atoms with E-state index in [0.29, 0.717) is 5.56 Å². The molecule has 0 heterocycles. The summed E-state index contributed by atoms with van der Waals surface area (Å²) in [5.74, 6) is -0.163. The van der Waals surface area contributed by atoms with Gasteiger partial charge in [-0.1, -0.05) is 18.2 Å². The molecule has 4 nitrogen and oxygen atoms in total. The fraction of sp³-hybridized carbons (Fsp3) is 0.333. The number of hydrogen-bond acceptors (Lipinski definition) is 3. The summed E-state index contributed by atoms with van der Waals surface area (Å²) in [6, 6.07) is 6.88. The molecule has 1 aromatic carbocycles. The molecular formula is C12H15NO3. The number of aliphatic hydroxyl groups excluding tert-OH is 1. The second-order valence-corrected chi connectivity index (χ2v) is 3.69. The van der Waals surface area contributed by atoms with Crippen LogP contribution in [0.4, 0.5) is 0 Å². The van der Waals surface area contributed by atoms with E-state index in [-0.39, 0.29) is 18.9 Å². The van der Waals surface area contributed by atoms with Crippen molar-refractivity contribution in [2.75, 3.05) is 6.54 Å². The average Bonchev–Trinajstić information content (AvgIpc) is 2.26. The molecule has 1 unspecified atom stereocenters. The minimum Gasteiger partial charge on any atom is -0.392 e. The van der Waals surface area contributed by atoms with Crippen LogP contribution in [0, 0.1) is 0 Å². The molecule has 0 saturated heterocycles. The Morgan fingerprint density at radius 1 is 1.56 bits per heavy atom. The molecule has 1 rings (SSSR count). The van der Waals surface area contributed by atoms with E-state index in [1.807, 2.05) is 0 Å². The van der Waals surface area contributed by atoms with E-state index in [1.54, 1.807) is 31.2 Å². The highest BCUT2D eigenvalue weighted by molar-refractivity contribution is 5.80. The van der Waals surface area contributed by atoms with E-state index in [2.05, 4.69) is 5.32 Å². The molecule has 0 spiro atoms. The predicted molar refractivity (Wildman–Crippen MR) is 60.2 cm³/mol. The summed E-state index contributed by atoms with van der Waals surface area (Å²) in [5, 5.41) is 11.6. The number of nitrogens with one attached hydrogen (secondary N) is 1. The highest BCUT2D eigenvalue weighted by atomic mass is 16.3. The molecule has 0 aliphatic heterocycles. The van der Waals surface area contributed by atoms with Crippen molar-refractivity contribution in [3.8, 4) is 0 Å². The molecule has 16 heavy (non-hydrogen) atoms. The average molecular weight is 221 g/mol. The molecule has 0 fully saturated rings. The number of hydrogen-bond donors (Lipinski definition) is 2. The Morgan fingerprint density at radius 3 is 2.94 bits per heavy atom. The van der Waals surface area contributed by atoms with Crippen molar-refractivity contribution in [2.24, 2.45) is 0 Å². The lowest BCUT2D eigenvalue weighted by atomic mass is 10.1. The van der Waals surface area contributed by atoms with E-state index in [4.69, 9.17) is 5.11 Å². The fourth-order valence-corrected chi connectivity index (χ4v) is 1.29. The Labute approximate surface area is 94.3 Å². The topological polar surface area (TPSA) is 66.4 Å². The quantitative estimate of drug-likeness (QED) is 0.713. The van der Waals surface area contributed by atoms with Gasteiger partial charge in [-0.3, -0.25) is 9.59 Å². The standard InChI is InChI=1S/C12H15NO3/c1-9(15)7-13-12(16)6-10-3-2-4-11(5-10)8-14/h2-5,8-9,15H,6-7H2,1H3,(H,13,16). The van der Waals surface area contributed by atoms with Crippen molar-refractivity contribution < 1.29 is 14.7 Å². The van der Waals surface area contributed by atoms with Gasteiger partial charge in [0.25, 0.3) is 0 Å². The molecule has 4 heteroatoms. The van der Waals surface area contributed by atoms with E-state index in [1.165, 1.54) is 0 Å². The number of rotatable bonds is 5. The number of carbonyl (C=O) groups is 2. The smallest absolute Gasteiger partial charge is 0.224 e. The lowest BCUT2D eigenvalue weighted by Gasteiger charge is -2.07. The zero-order valence-corrected chi connectivity index (χ0v) is 9.14. The van der Waals surface area contributed by atoms with Crippen LogP contribution in [0.15, 0.2) is 24.3 Å². The van der Waals surface area contributed by atoms with Crippen LogP contribution in [0.1, 0.15) is 22.8 Å². The molecule has 86 valence electrons. The Balaban J connectivity index is 2.52. The molecule has 0 radical (unpaired) electrons. The van der Waals surface area contributed by atoms with Crippen LogP contribution in [0.5, 0.6) is 0 Å². The second-order valence-electron chi connectivity index (χ2n) is 3.69. The first-order chi connectivity index (χ1) is 7.61. The second kappa shape index (κ2) is 6.02. The highest BCUT2D eigenvalue weighted by Gasteiger charge is 2.04. The summed E-state index contributed by atoms with van der Waals surface area (Å²) in [7, 11) is 0. The van der Waals surface area contributed by atoms with Crippen molar-refractivity contribution in [1.82, 2.24) is 5.32 Å². The first-order valence-electron chi connectivity index (χ1n) is 5.10. The van der Waals surface area contributed by atoms with Crippen LogP contribution in [-0.4, -0.2) is 29.9 Å². The monoisotopic (exact) mass is 221 g/mol. The molecule has 0 aliphatic rings. The van der Waals surface area contributed by atoms with Gasteiger partial charge < -0.3 is 10.4 Å². The zero-order valence-electron chi connectivity index (χ0n) is 9.14. The predicted octanol–water partition coefficient (Wildman–Crippen LogP) is 0.539. The summed E-state index contributed by atoms with van der Waals surface area (Å²) in [6.07, 6.45) is 0.413. The van der Waals surface area contributed by atoms with E-state index in [0.717, 1.165) is 11.8 Å². The van der Waals surface area contributed by atoms with Crippen LogP contribution in [0.3, 0.4) is 0 Å². The summed E-state index contributed by atoms with van der Waals surface area (Å²) in [6.45, 7) is 1.85. The van der Waals surface area contributed by atoms with Crippen LogP contribution in [-0.2, 0) is 11.2 Å². The highest BCUT2D eigenvalue weighted by Crippen LogP contribution is 2.03. The Hall–Kier alpha value is -1.68. The molecule has 1 atom stereocenters. The van der Waals surface area contributed by atoms with Gasteiger partial charge in [0.15, 0.2) is 0 Å². The summed E-state index contributed by atoms with van der Waals surface area (Å²) in [5.41, 5.74) is 1.34. The van der Waals surface area contributed by atoms with Crippen LogP contribution in [0.25, 0.3) is 0 Å². The summed E-state index contributed by atoms with van der Waals surface area (Å²) in [4.78, 5) is 21.9. The molecule has 0 bridgehead atoms. The summed E-state index contributed by atoms with van der Waals surface area (Å²) >= 11 is 0. The molecular weight excluding hydrogens is 206 g/mol. The number of benzene rings is 1. The molecule has 1 aromatic rings. The molecule has 0 aliphatic carbocycles. The molecule has 0 saturated carbocycles. The van der Waals surface area contributed by atoms with Gasteiger partial charge in [-0.25, -0.2) is 0 Å². The largest absolute Gasteiger partial charge is 0.392 e. The number of aldehydes is 1. The van der Waals surface area contributed by atoms with E-state index < -0.39 is 6.10 Å². The van der Waals surface area contributed by atoms with Crippen LogP contribution in [0.2, 0.25) is 0 Å². The third kappa shape index (κ3) is 4.23. The van der Waals surface area contributed by atoms with Crippen molar-refractivity contribution in [3.05, 3.63) is 35.4 Å². The first-order valence-corrected chi connectivity index (χ1v) is 5.10. The number of aliphatic hydroxyl groups is 1. The van der Waals surface area contributed by atoms with Gasteiger partial charge >= 0.3 is 0 Å². The third-order valence-electron chi connectivity index (χ3n) is 2.05. The lowest BCUT2D eigenvalue weighted by Crippen LogP contribution is -2.31. The van der Waals surface area contributed by atoms with Crippen LogP contribution < -0.4 is 5.32 Å². The Morgan fingerprint density at radius 2 is 2.31 bits per heavy atom. The third-order valence-corrected chi connectivity index (χ3v) is 2.05. The number of amides is 1. The summed E-state index contributed by atoms with van der Waals surface area (Å²) < 4.78 is 0. The van der Waals surface area contributed by atoms with Gasteiger partial charge in [-0.2, -0.15) is 0 Å². The fourth-order valence-electron chi connectivity index (χ4n) is 1.29. The van der Waals surface area contributed by atoms with Crippen LogP contribution >= 0.6 is 0 Å². The Kier molecular flexibility index (Phi) is 4.66. The van der Waals surface area contributed by atoms with Gasteiger partial charge in [0, 0.05) is 12.1 Å². The minimum atomic E-state index is -0.551. The van der Waals surface area contributed by atoms with E-state index >= 15 is 0 Å². The lowest BCUT2D eigenvalue weighted by molar-refractivity contribution is -0.120. The molecule has 1 amide bonds. The molecule has 0 aromatic heterocycles. The zero-order chi connectivity index (χ0) is 12.0. The maximum Gasteiger partial charge on any atom is 0.224 e. The van der Waals surface area contributed by atoms with Gasteiger partial charge in [-0.15, -0.1) is 0 Å². The van der Waals surface area contributed by atoms with Crippen molar-refractivity contribution in [2.45, 2.75) is 19.4 Å². The van der Waals surface area contributed by atoms with Gasteiger partial charge in [0.05, 0.1) is 12.5 Å². The SMILES string of the molecule is CC(O)CNC(=O)Cc1cccc(C=O)c1. The Bertz CT molecular complexity index is 374. The normalized spacial score (nSPS) is 11.9. The van der Waals surface area contributed by atoms with Gasteiger partial charge in [0.2, 0.25) is 5.91 Å². The van der Waals surface area contributed by atoms with Gasteiger partial charge in [0.1, 0.15) is 6.29 Å². The van der Waals surface area contributed by atoms with Crippen molar-refractivity contribution >= 4 is 12.2 Å². The van der Waals surface area contributed by atoms with E-state index in [9.17, 15) is 9.59 Å². The maximum absolute atomic E-state index is 11.4. The van der Waals surface area contributed by atoms with Gasteiger partial charge in [-0.05, 0) is 18.6 Å². The maximum atomic E-state index is 11.4. The number of carbonyl (C=O) groups excluding carboxylic acids is 2.